The van der Waals surface area contributed by atoms with Crippen LogP contribution in [0.3, 0.4) is 0 Å². The SMILES string of the molecule is Cn1cc(CCCNC(=O)Cc2csc(NC(=O)c3ccco3)n2)cn1. The molecular weight excluding hydrogens is 354 g/mol. The smallest absolute Gasteiger partial charge is 0.293 e. The van der Waals surface area contributed by atoms with E-state index in [1.54, 1.807) is 22.2 Å². The van der Waals surface area contributed by atoms with Crippen LogP contribution < -0.4 is 10.6 Å². The molecule has 0 aliphatic heterocycles. The van der Waals surface area contributed by atoms with Crippen molar-refractivity contribution in [3.8, 4) is 0 Å². The third-order valence-corrected chi connectivity index (χ3v) is 4.39. The molecule has 3 aromatic heterocycles. The summed E-state index contributed by atoms with van der Waals surface area (Å²) in [6.07, 6.45) is 7.12. The molecule has 8 nitrogen and oxygen atoms in total. The molecule has 0 aliphatic carbocycles. The Kier molecular flexibility index (Phi) is 5.80. The van der Waals surface area contributed by atoms with Gasteiger partial charge in [-0.3, -0.25) is 19.6 Å². The van der Waals surface area contributed by atoms with Crippen LogP contribution in [0.15, 0.2) is 40.6 Å². The third kappa shape index (κ3) is 5.03. The lowest BCUT2D eigenvalue weighted by atomic mass is 10.2. The van der Waals surface area contributed by atoms with E-state index in [-0.39, 0.29) is 24.0 Å². The Bertz CT molecular complexity index is 869. The van der Waals surface area contributed by atoms with Gasteiger partial charge in [0.25, 0.3) is 5.91 Å². The van der Waals surface area contributed by atoms with Gasteiger partial charge in [-0.2, -0.15) is 5.10 Å². The van der Waals surface area contributed by atoms with Crippen LogP contribution >= 0.6 is 11.3 Å². The van der Waals surface area contributed by atoms with Crippen LogP contribution in [0, 0.1) is 0 Å². The Morgan fingerprint density at radius 3 is 3.00 bits per heavy atom. The van der Waals surface area contributed by atoms with Crippen molar-refractivity contribution in [1.82, 2.24) is 20.1 Å². The highest BCUT2D eigenvalue weighted by atomic mass is 32.1. The van der Waals surface area contributed by atoms with Crippen molar-refractivity contribution in [3.05, 3.63) is 53.2 Å². The van der Waals surface area contributed by atoms with Gasteiger partial charge in [-0.1, -0.05) is 0 Å². The second-order valence-electron chi connectivity index (χ2n) is 5.73. The second-order valence-corrected chi connectivity index (χ2v) is 6.59. The minimum atomic E-state index is -0.365. The van der Waals surface area contributed by atoms with Crippen molar-refractivity contribution in [1.29, 1.82) is 0 Å². The zero-order valence-electron chi connectivity index (χ0n) is 14.3. The van der Waals surface area contributed by atoms with Crippen LogP contribution in [0.1, 0.15) is 28.2 Å². The first-order valence-electron chi connectivity index (χ1n) is 8.13. The zero-order valence-corrected chi connectivity index (χ0v) is 15.1. The lowest BCUT2D eigenvalue weighted by Gasteiger charge is -2.03. The lowest BCUT2D eigenvalue weighted by Crippen LogP contribution is -2.26. The number of rotatable bonds is 8. The number of hydrogen-bond acceptors (Lipinski definition) is 6. The van der Waals surface area contributed by atoms with Gasteiger partial charge in [-0.25, -0.2) is 4.98 Å². The number of thiazole rings is 1. The second kappa shape index (κ2) is 8.43. The summed E-state index contributed by atoms with van der Waals surface area (Å²) < 4.78 is 6.78. The van der Waals surface area contributed by atoms with E-state index in [4.69, 9.17) is 4.42 Å². The maximum Gasteiger partial charge on any atom is 0.293 e. The molecule has 3 rings (SSSR count). The summed E-state index contributed by atoms with van der Waals surface area (Å²) >= 11 is 1.27. The molecule has 0 saturated carbocycles. The van der Waals surface area contributed by atoms with Crippen molar-refractivity contribution in [2.75, 3.05) is 11.9 Å². The van der Waals surface area contributed by atoms with Crippen LogP contribution in [-0.2, 0) is 24.7 Å². The molecule has 0 unspecified atom stereocenters. The predicted octanol–water partition coefficient (Wildman–Crippen LogP) is 2.01. The number of nitrogens with zero attached hydrogens (tertiary/aromatic N) is 3. The summed E-state index contributed by atoms with van der Waals surface area (Å²) in [5.74, 6) is -0.241. The molecule has 0 saturated heterocycles. The fourth-order valence-electron chi connectivity index (χ4n) is 2.36. The molecule has 2 N–H and O–H groups in total. The molecule has 0 spiro atoms. The summed E-state index contributed by atoms with van der Waals surface area (Å²) in [5.41, 5.74) is 1.77. The summed E-state index contributed by atoms with van der Waals surface area (Å²) in [5, 5.41) is 11.8. The van der Waals surface area contributed by atoms with Gasteiger partial charge >= 0.3 is 0 Å². The number of furan rings is 1. The monoisotopic (exact) mass is 373 g/mol. The van der Waals surface area contributed by atoms with E-state index in [0.717, 1.165) is 18.4 Å². The van der Waals surface area contributed by atoms with E-state index in [1.807, 2.05) is 19.4 Å². The highest BCUT2D eigenvalue weighted by Crippen LogP contribution is 2.17. The molecule has 0 aliphatic rings. The van der Waals surface area contributed by atoms with Gasteiger partial charge in [0.1, 0.15) is 0 Å². The summed E-state index contributed by atoms with van der Waals surface area (Å²) in [7, 11) is 1.88. The van der Waals surface area contributed by atoms with Crippen LogP contribution in [0.25, 0.3) is 0 Å². The highest BCUT2D eigenvalue weighted by molar-refractivity contribution is 7.14. The van der Waals surface area contributed by atoms with Gasteiger partial charge in [0.2, 0.25) is 5.91 Å². The van der Waals surface area contributed by atoms with Gasteiger partial charge in [-0.15, -0.1) is 11.3 Å². The van der Waals surface area contributed by atoms with Gasteiger partial charge in [0.05, 0.1) is 24.6 Å². The topological polar surface area (TPSA) is 102 Å². The van der Waals surface area contributed by atoms with Crippen LogP contribution in [-0.4, -0.2) is 33.1 Å². The predicted molar refractivity (Wildman–Crippen MR) is 97.0 cm³/mol. The molecule has 26 heavy (non-hydrogen) atoms. The Hall–Kier alpha value is -2.94. The Morgan fingerprint density at radius 1 is 1.38 bits per heavy atom. The van der Waals surface area contributed by atoms with E-state index in [2.05, 4.69) is 20.7 Å². The number of hydrogen-bond donors (Lipinski definition) is 2. The van der Waals surface area contributed by atoms with Crippen LogP contribution in [0.2, 0.25) is 0 Å². The molecular formula is C17H19N5O3S. The summed E-state index contributed by atoms with van der Waals surface area (Å²) in [6.45, 7) is 0.597. The van der Waals surface area contributed by atoms with E-state index < -0.39 is 0 Å². The number of aromatic nitrogens is 3. The van der Waals surface area contributed by atoms with Gasteiger partial charge in [-0.05, 0) is 30.5 Å². The first-order valence-corrected chi connectivity index (χ1v) is 9.01. The minimum absolute atomic E-state index is 0.0922. The summed E-state index contributed by atoms with van der Waals surface area (Å²) in [6, 6.07) is 3.21. The molecule has 9 heteroatoms. The highest BCUT2D eigenvalue weighted by Gasteiger charge is 2.12. The molecule has 0 fully saturated rings. The van der Waals surface area contributed by atoms with Crippen molar-refractivity contribution < 1.29 is 14.0 Å². The van der Waals surface area contributed by atoms with Gasteiger partial charge < -0.3 is 9.73 Å². The first kappa shape index (κ1) is 17.9. The van der Waals surface area contributed by atoms with Crippen LogP contribution in [0.4, 0.5) is 5.13 Å². The van der Waals surface area contributed by atoms with E-state index in [0.29, 0.717) is 17.4 Å². The number of carbonyl (C=O) groups is 2. The molecule has 136 valence electrons. The maximum absolute atomic E-state index is 12.0. The molecule has 3 aromatic rings. The largest absolute Gasteiger partial charge is 0.459 e. The standard InChI is InChI=1S/C17H19N5O3S/c1-22-10-12(9-19-22)4-2-6-18-15(23)8-13-11-26-17(20-13)21-16(24)14-5-3-7-25-14/h3,5,7,9-11H,2,4,6,8H2,1H3,(H,18,23)(H,20,21,24). The Balaban J connectivity index is 1.39. The Morgan fingerprint density at radius 2 is 2.27 bits per heavy atom. The van der Waals surface area contributed by atoms with Crippen LogP contribution in [0.5, 0.6) is 0 Å². The number of carbonyl (C=O) groups excluding carboxylic acids is 2. The van der Waals surface area contributed by atoms with Crippen molar-refractivity contribution in [2.45, 2.75) is 19.3 Å². The average molecular weight is 373 g/mol. The summed E-state index contributed by atoms with van der Waals surface area (Å²) in [4.78, 5) is 28.1. The fraction of sp³-hybridized carbons (Fsp3) is 0.294. The molecule has 2 amide bonds. The molecule has 0 aromatic carbocycles. The number of amides is 2. The first-order chi connectivity index (χ1) is 12.6. The molecule has 3 heterocycles. The molecule has 0 bridgehead atoms. The number of aryl methyl sites for hydroxylation is 2. The van der Waals surface area contributed by atoms with E-state index >= 15 is 0 Å². The zero-order chi connectivity index (χ0) is 18.4. The number of nitrogens with one attached hydrogen (secondary N) is 2. The quantitative estimate of drug-likeness (QED) is 0.588. The fourth-order valence-corrected chi connectivity index (χ4v) is 3.07. The maximum atomic E-state index is 12.0. The van der Waals surface area contributed by atoms with Crippen molar-refractivity contribution in [3.63, 3.8) is 0 Å². The normalized spacial score (nSPS) is 10.7. The van der Waals surface area contributed by atoms with Gasteiger partial charge in [0, 0.05) is 25.2 Å². The van der Waals surface area contributed by atoms with Crippen molar-refractivity contribution >= 4 is 28.3 Å². The van der Waals surface area contributed by atoms with E-state index in [1.165, 1.54) is 17.6 Å². The molecule has 0 atom stereocenters. The minimum Gasteiger partial charge on any atom is -0.459 e. The Labute approximate surface area is 154 Å². The lowest BCUT2D eigenvalue weighted by molar-refractivity contribution is -0.120. The van der Waals surface area contributed by atoms with E-state index in [9.17, 15) is 9.59 Å². The van der Waals surface area contributed by atoms with Gasteiger partial charge in [0.15, 0.2) is 10.9 Å². The molecule has 0 radical (unpaired) electrons. The van der Waals surface area contributed by atoms with Crippen molar-refractivity contribution in [2.24, 2.45) is 7.05 Å². The average Bonchev–Trinajstić information content (AvgIpc) is 3.34. The third-order valence-electron chi connectivity index (χ3n) is 3.58. The number of anilines is 1.